The molecule has 0 bridgehead atoms. The highest BCUT2D eigenvalue weighted by Crippen LogP contribution is 2.28. The standard InChI is InChI=1S/C18H18N2O5/c1-12(21)20-19-11-13-4-9-16(17(10-13)24-3)25-18(22)14-5-7-15(23-2)8-6-14/h4-11H,1-3H3,(H,20,21)/b19-11-. The molecule has 0 saturated carbocycles. The van der Waals surface area contributed by atoms with Crippen LogP contribution >= 0.6 is 0 Å². The molecule has 2 aromatic rings. The van der Waals surface area contributed by atoms with Crippen molar-refractivity contribution in [3.8, 4) is 17.2 Å². The van der Waals surface area contributed by atoms with Gasteiger partial charge in [0, 0.05) is 6.92 Å². The number of rotatable bonds is 6. The summed E-state index contributed by atoms with van der Waals surface area (Å²) < 4.78 is 15.7. The van der Waals surface area contributed by atoms with Gasteiger partial charge in [-0.05, 0) is 48.0 Å². The van der Waals surface area contributed by atoms with Crippen molar-refractivity contribution in [3.63, 3.8) is 0 Å². The van der Waals surface area contributed by atoms with Crippen LogP contribution in [0.1, 0.15) is 22.8 Å². The average molecular weight is 342 g/mol. The lowest BCUT2D eigenvalue weighted by Gasteiger charge is -2.10. The van der Waals surface area contributed by atoms with E-state index in [4.69, 9.17) is 14.2 Å². The molecule has 0 heterocycles. The number of ether oxygens (including phenoxy) is 3. The molecule has 0 aliphatic rings. The Kier molecular flexibility index (Phi) is 6.11. The van der Waals surface area contributed by atoms with Crippen molar-refractivity contribution < 1.29 is 23.8 Å². The lowest BCUT2D eigenvalue weighted by atomic mass is 10.2. The Morgan fingerprint density at radius 3 is 2.32 bits per heavy atom. The van der Waals surface area contributed by atoms with Crippen LogP contribution in [0.4, 0.5) is 0 Å². The first-order chi connectivity index (χ1) is 12.0. The van der Waals surface area contributed by atoms with Crippen molar-refractivity contribution in [1.82, 2.24) is 5.43 Å². The Morgan fingerprint density at radius 2 is 1.72 bits per heavy atom. The highest BCUT2D eigenvalue weighted by Gasteiger charge is 2.13. The number of methoxy groups -OCH3 is 2. The summed E-state index contributed by atoms with van der Waals surface area (Å²) in [6.07, 6.45) is 1.46. The zero-order chi connectivity index (χ0) is 18.2. The molecule has 0 aliphatic heterocycles. The predicted octanol–water partition coefficient (Wildman–Crippen LogP) is 2.39. The van der Waals surface area contributed by atoms with Crippen LogP contribution in [-0.2, 0) is 4.79 Å². The first-order valence-electron chi connectivity index (χ1n) is 7.37. The summed E-state index contributed by atoms with van der Waals surface area (Å²) in [4.78, 5) is 23.0. The smallest absolute Gasteiger partial charge is 0.343 e. The van der Waals surface area contributed by atoms with Crippen LogP contribution in [0.15, 0.2) is 47.6 Å². The molecule has 7 nitrogen and oxygen atoms in total. The van der Waals surface area contributed by atoms with E-state index in [1.54, 1.807) is 49.6 Å². The first kappa shape index (κ1) is 18.0. The molecule has 0 aliphatic carbocycles. The van der Waals surface area contributed by atoms with E-state index >= 15 is 0 Å². The van der Waals surface area contributed by atoms with Gasteiger partial charge >= 0.3 is 5.97 Å². The summed E-state index contributed by atoms with van der Waals surface area (Å²) in [6.45, 7) is 1.36. The van der Waals surface area contributed by atoms with Crippen molar-refractivity contribution >= 4 is 18.1 Å². The van der Waals surface area contributed by atoms with E-state index in [0.717, 1.165) is 0 Å². The van der Waals surface area contributed by atoms with Crippen molar-refractivity contribution in [1.29, 1.82) is 0 Å². The van der Waals surface area contributed by atoms with Gasteiger partial charge in [0.15, 0.2) is 11.5 Å². The second kappa shape index (κ2) is 8.49. The highest BCUT2D eigenvalue weighted by molar-refractivity contribution is 5.91. The van der Waals surface area contributed by atoms with E-state index in [-0.39, 0.29) is 11.7 Å². The minimum Gasteiger partial charge on any atom is -0.497 e. The molecule has 0 saturated heterocycles. The zero-order valence-corrected chi connectivity index (χ0v) is 14.1. The van der Waals surface area contributed by atoms with E-state index in [0.29, 0.717) is 22.6 Å². The van der Waals surface area contributed by atoms with Crippen molar-refractivity contribution in [2.24, 2.45) is 5.10 Å². The van der Waals surface area contributed by atoms with Crippen LogP contribution in [0.2, 0.25) is 0 Å². The minimum atomic E-state index is -0.513. The van der Waals surface area contributed by atoms with Gasteiger partial charge in [-0.3, -0.25) is 4.79 Å². The fraction of sp³-hybridized carbons (Fsp3) is 0.167. The minimum absolute atomic E-state index is 0.270. The van der Waals surface area contributed by atoms with E-state index in [9.17, 15) is 9.59 Å². The van der Waals surface area contributed by atoms with E-state index in [1.807, 2.05) is 0 Å². The summed E-state index contributed by atoms with van der Waals surface area (Å²) in [6, 6.07) is 11.5. The number of esters is 1. The molecule has 0 atom stereocenters. The summed E-state index contributed by atoms with van der Waals surface area (Å²) in [5, 5.41) is 3.77. The molecule has 0 radical (unpaired) electrons. The van der Waals surface area contributed by atoms with Crippen molar-refractivity contribution in [2.45, 2.75) is 6.92 Å². The summed E-state index contributed by atoms with van der Waals surface area (Å²) in [5.74, 6) is 0.513. The summed E-state index contributed by atoms with van der Waals surface area (Å²) >= 11 is 0. The predicted molar refractivity (Wildman–Crippen MR) is 92.4 cm³/mol. The van der Waals surface area contributed by atoms with Gasteiger partial charge < -0.3 is 14.2 Å². The molecule has 7 heteroatoms. The second-order valence-electron chi connectivity index (χ2n) is 4.95. The van der Waals surface area contributed by atoms with E-state index in [2.05, 4.69) is 10.5 Å². The topological polar surface area (TPSA) is 86.2 Å². The number of nitrogens with one attached hydrogen (secondary N) is 1. The molecule has 130 valence electrons. The largest absolute Gasteiger partial charge is 0.497 e. The van der Waals surface area contributed by atoms with Crippen molar-refractivity contribution in [2.75, 3.05) is 14.2 Å². The second-order valence-corrected chi connectivity index (χ2v) is 4.95. The highest BCUT2D eigenvalue weighted by atomic mass is 16.6. The zero-order valence-electron chi connectivity index (χ0n) is 14.1. The summed E-state index contributed by atoms with van der Waals surface area (Å²) in [7, 11) is 3.02. The van der Waals surface area contributed by atoms with Gasteiger partial charge in [0.1, 0.15) is 5.75 Å². The van der Waals surface area contributed by atoms with Crippen LogP contribution in [0, 0.1) is 0 Å². The molecular weight excluding hydrogens is 324 g/mol. The maximum atomic E-state index is 12.2. The number of hydrazone groups is 1. The number of carbonyl (C=O) groups is 2. The molecule has 1 amide bonds. The van der Waals surface area contributed by atoms with Crippen LogP contribution in [-0.4, -0.2) is 32.3 Å². The number of benzene rings is 2. The quantitative estimate of drug-likeness (QED) is 0.377. The van der Waals surface area contributed by atoms with Gasteiger partial charge in [0.25, 0.3) is 0 Å². The number of hydrogen-bond donors (Lipinski definition) is 1. The third kappa shape index (κ3) is 5.07. The van der Waals surface area contributed by atoms with Gasteiger partial charge in [-0.25, -0.2) is 10.2 Å². The molecule has 0 spiro atoms. The van der Waals surface area contributed by atoms with Crippen LogP contribution < -0.4 is 19.6 Å². The van der Waals surface area contributed by atoms with Gasteiger partial charge in [-0.2, -0.15) is 5.10 Å². The van der Waals surface area contributed by atoms with E-state index in [1.165, 1.54) is 20.2 Å². The monoisotopic (exact) mass is 342 g/mol. The van der Waals surface area contributed by atoms with Gasteiger partial charge in [-0.15, -0.1) is 0 Å². The lowest BCUT2D eigenvalue weighted by Crippen LogP contribution is -2.12. The Morgan fingerprint density at radius 1 is 1.00 bits per heavy atom. The molecule has 0 fully saturated rings. The maximum Gasteiger partial charge on any atom is 0.343 e. The van der Waals surface area contributed by atoms with Crippen molar-refractivity contribution in [3.05, 3.63) is 53.6 Å². The average Bonchev–Trinajstić information content (AvgIpc) is 2.62. The van der Waals surface area contributed by atoms with Crippen LogP contribution in [0.25, 0.3) is 0 Å². The third-order valence-electron chi connectivity index (χ3n) is 3.15. The fourth-order valence-corrected chi connectivity index (χ4v) is 1.93. The number of carbonyl (C=O) groups excluding carboxylic acids is 2. The van der Waals surface area contributed by atoms with E-state index < -0.39 is 5.97 Å². The SMILES string of the molecule is COc1ccc(C(=O)Oc2ccc(/C=N\NC(C)=O)cc2OC)cc1. The fourth-order valence-electron chi connectivity index (χ4n) is 1.93. The number of amides is 1. The maximum absolute atomic E-state index is 12.2. The lowest BCUT2D eigenvalue weighted by molar-refractivity contribution is -0.118. The Labute approximate surface area is 145 Å². The molecule has 1 N–H and O–H groups in total. The molecule has 0 unspecified atom stereocenters. The Bertz CT molecular complexity index is 785. The first-order valence-corrected chi connectivity index (χ1v) is 7.37. The molecular formula is C18H18N2O5. The summed E-state index contributed by atoms with van der Waals surface area (Å²) in [5.41, 5.74) is 3.37. The number of hydrogen-bond acceptors (Lipinski definition) is 6. The molecule has 2 rings (SSSR count). The third-order valence-corrected chi connectivity index (χ3v) is 3.15. The van der Waals surface area contributed by atoms with Gasteiger partial charge in [-0.1, -0.05) is 0 Å². The van der Waals surface area contributed by atoms with Crippen LogP contribution in [0.5, 0.6) is 17.2 Å². The normalized spacial score (nSPS) is 10.4. The Hall–Kier alpha value is -3.35. The molecule has 0 aromatic heterocycles. The molecule has 2 aromatic carbocycles. The van der Waals surface area contributed by atoms with Gasteiger partial charge in [0.2, 0.25) is 5.91 Å². The van der Waals surface area contributed by atoms with Crippen LogP contribution in [0.3, 0.4) is 0 Å². The number of nitrogens with zero attached hydrogens (tertiary/aromatic N) is 1. The van der Waals surface area contributed by atoms with Gasteiger partial charge in [0.05, 0.1) is 26.0 Å². The Balaban J connectivity index is 2.13. The molecule has 25 heavy (non-hydrogen) atoms.